The molecule has 6 nitrogen and oxygen atoms in total. The number of carbonyl (C=O) groups is 1. The summed E-state index contributed by atoms with van der Waals surface area (Å²) in [4.78, 5) is 14.6. The Morgan fingerprint density at radius 1 is 1.35 bits per heavy atom. The Hall–Kier alpha value is -1.63. The van der Waals surface area contributed by atoms with E-state index in [0.29, 0.717) is 18.7 Å². The number of aliphatic hydroxyl groups is 1. The smallest absolute Gasteiger partial charge is 0.224 e. The van der Waals surface area contributed by atoms with Crippen molar-refractivity contribution in [1.29, 1.82) is 0 Å². The molecule has 0 spiro atoms. The summed E-state index contributed by atoms with van der Waals surface area (Å²) in [6, 6.07) is 5.10. The first-order valence-corrected chi connectivity index (χ1v) is 9.61. The van der Waals surface area contributed by atoms with Crippen LogP contribution < -0.4 is 15.8 Å². The molecule has 26 heavy (non-hydrogen) atoms. The lowest BCUT2D eigenvalue weighted by Crippen LogP contribution is -2.51. The summed E-state index contributed by atoms with van der Waals surface area (Å²) in [6.07, 6.45) is 3.35. The van der Waals surface area contributed by atoms with Crippen LogP contribution >= 0.6 is 0 Å². The maximum absolute atomic E-state index is 12.2. The SMILES string of the molecule is CC1(C)Oc2ccc(CC(=O)NCCN3CCCCC3)cc2[C@@H](N)[C@@H]1O. The average Bonchev–Trinajstić information content (AvgIpc) is 2.61. The minimum absolute atomic E-state index is 0.00753. The number of rotatable bonds is 5. The molecule has 1 saturated heterocycles. The lowest BCUT2D eigenvalue weighted by Gasteiger charge is -2.40. The van der Waals surface area contributed by atoms with Crippen LogP contribution in [-0.2, 0) is 11.2 Å². The van der Waals surface area contributed by atoms with Gasteiger partial charge in [-0.2, -0.15) is 0 Å². The topological polar surface area (TPSA) is 87.8 Å². The number of nitrogens with zero attached hydrogens (tertiary/aromatic N) is 1. The summed E-state index contributed by atoms with van der Waals surface area (Å²) in [5, 5.41) is 13.3. The number of aliphatic hydroxyl groups excluding tert-OH is 1. The molecule has 0 aromatic heterocycles. The van der Waals surface area contributed by atoms with Crippen LogP contribution in [0, 0.1) is 0 Å². The number of hydrogen-bond donors (Lipinski definition) is 3. The molecule has 6 heteroatoms. The van der Waals surface area contributed by atoms with Gasteiger partial charge in [0, 0.05) is 18.7 Å². The van der Waals surface area contributed by atoms with Gasteiger partial charge < -0.3 is 25.8 Å². The van der Waals surface area contributed by atoms with Crippen LogP contribution in [-0.4, -0.2) is 53.8 Å². The summed E-state index contributed by atoms with van der Waals surface area (Å²) in [5.41, 5.74) is 7.11. The van der Waals surface area contributed by atoms with E-state index >= 15 is 0 Å². The van der Waals surface area contributed by atoms with Gasteiger partial charge in [0.1, 0.15) is 17.5 Å². The summed E-state index contributed by atoms with van der Waals surface area (Å²) in [7, 11) is 0. The van der Waals surface area contributed by atoms with E-state index in [1.165, 1.54) is 19.3 Å². The minimum Gasteiger partial charge on any atom is -0.485 e. The number of amides is 1. The van der Waals surface area contributed by atoms with E-state index in [1.54, 1.807) is 0 Å². The van der Waals surface area contributed by atoms with Crippen LogP contribution in [0.4, 0.5) is 0 Å². The number of benzene rings is 1. The predicted molar refractivity (Wildman–Crippen MR) is 101 cm³/mol. The van der Waals surface area contributed by atoms with Crippen molar-refractivity contribution in [2.45, 2.75) is 57.3 Å². The van der Waals surface area contributed by atoms with E-state index in [4.69, 9.17) is 10.5 Å². The molecule has 0 saturated carbocycles. The van der Waals surface area contributed by atoms with Crippen molar-refractivity contribution < 1.29 is 14.6 Å². The molecule has 2 atom stereocenters. The highest BCUT2D eigenvalue weighted by Gasteiger charge is 2.41. The van der Waals surface area contributed by atoms with Crippen molar-refractivity contribution in [3.05, 3.63) is 29.3 Å². The first-order chi connectivity index (χ1) is 12.4. The van der Waals surface area contributed by atoms with Gasteiger partial charge in [0.15, 0.2) is 0 Å². The summed E-state index contributed by atoms with van der Waals surface area (Å²) >= 11 is 0. The van der Waals surface area contributed by atoms with Crippen molar-refractivity contribution in [2.75, 3.05) is 26.2 Å². The van der Waals surface area contributed by atoms with E-state index in [0.717, 1.165) is 30.8 Å². The van der Waals surface area contributed by atoms with E-state index < -0.39 is 17.7 Å². The van der Waals surface area contributed by atoms with Gasteiger partial charge >= 0.3 is 0 Å². The molecular weight excluding hydrogens is 330 g/mol. The first-order valence-electron chi connectivity index (χ1n) is 9.61. The molecule has 0 bridgehead atoms. The summed E-state index contributed by atoms with van der Waals surface area (Å²) < 4.78 is 5.86. The van der Waals surface area contributed by atoms with Crippen LogP contribution in [0.15, 0.2) is 18.2 Å². The quantitative estimate of drug-likeness (QED) is 0.737. The third-order valence-electron chi connectivity index (χ3n) is 5.42. The first kappa shape index (κ1) is 19.1. The Kier molecular flexibility index (Phi) is 5.85. The molecule has 1 fully saturated rings. The summed E-state index contributed by atoms with van der Waals surface area (Å²) in [6.45, 7) is 7.51. The Bertz CT molecular complexity index is 641. The average molecular weight is 361 g/mol. The van der Waals surface area contributed by atoms with E-state index in [1.807, 2.05) is 32.0 Å². The third kappa shape index (κ3) is 4.37. The number of nitrogens with one attached hydrogen (secondary N) is 1. The lowest BCUT2D eigenvalue weighted by atomic mass is 9.86. The zero-order valence-corrected chi connectivity index (χ0v) is 15.8. The molecule has 1 amide bonds. The van der Waals surface area contributed by atoms with Crippen molar-refractivity contribution in [3.8, 4) is 5.75 Å². The fraction of sp³-hybridized carbons (Fsp3) is 0.650. The lowest BCUT2D eigenvalue weighted by molar-refractivity contribution is -0.120. The van der Waals surface area contributed by atoms with Crippen molar-refractivity contribution in [3.63, 3.8) is 0 Å². The molecule has 0 unspecified atom stereocenters. The number of fused-ring (bicyclic) bond motifs is 1. The number of hydrogen-bond acceptors (Lipinski definition) is 5. The van der Waals surface area contributed by atoms with Gasteiger partial charge in [-0.3, -0.25) is 4.79 Å². The van der Waals surface area contributed by atoms with E-state index in [-0.39, 0.29) is 5.91 Å². The fourth-order valence-electron chi connectivity index (χ4n) is 3.79. The van der Waals surface area contributed by atoms with Crippen molar-refractivity contribution in [1.82, 2.24) is 10.2 Å². The molecule has 2 aliphatic heterocycles. The standard InChI is InChI=1S/C20H31N3O3/c1-20(2)19(25)18(21)15-12-14(6-7-16(15)26-20)13-17(24)22-8-11-23-9-4-3-5-10-23/h6-7,12,18-19,25H,3-5,8-11,13,21H2,1-2H3,(H,22,24)/t18-,19+/m1/s1. The maximum atomic E-state index is 12.2. The number of nitrogens with two attached hydrogens (primary N) is 1. The number of carbonyl (C=O) groups excluding carboxylic acids is 1. The van der Waals surface area contributed by atoms with Crippen LogP contribution in [0.3, 0.4) is 0 Å². The molecule has 4 N–H and O–H groups in total. The van der Waals surface area contributed by atoms with Gasteiger partial charge in [0.25, 0.3) is 0 Å². The molecule has 2 heterocycles. The molecule has 1 aromatic carbocycles. The normalized spacial score (nSPS) is 25.2. The second-order valence-electron chi connectivity index (χ2n) is 7.98. The van der Waals surface area contributed by atoms with Gasteiger partial charge in [-0.15, -0.1) is 0 Å². The van der Waals surface area contributed by atoms with E-state index in [2.05, 4.69) is 10.2 Å². The molecule has 0 radical (unpaired) electrons. The third-order valence-corrected chi connectivity index (χ3v) is 5.42. The second kappa shape index (κ2) is 7.94. The molecule has 2 aliphatic rings. The highest BCUT2D eigenvalue weighted by Crippen LogP contribution is 2.38. The van der Waals surface area contributed by atoms with Crippen LogP contribution in [0.5, 0.6) is 5.75 Å². The van der Waals surface area contributed by atoms with Gasteiger partial charge in [0.2, 0.25) is 5.91 Å². The highest BCUT2D eigenvalue weighted by atomic mass is 16.5. The number of ether oxygens (including phenoxy) is 1. The number of likely N-dealkylation sites (tertiary alicyclic amines) is 1. The monoisotopic (exact) mass is 361 g/mol. The second-order valence-corrected chi connectivity index (χ2v) is 7.98. The Morgan fingerprint density at radius 3 is 2.81 bits per heavy atom. The van der Waals surface area contributed by atoms with Gasteiger partial charge in [-0.05, 0) is 57.5 Å². The Labute approximate surface area is 155 Å². The molecular formula is C20H31N3O3. The van der Waals surface area contributed by atoms with Crippen LogP contribution in [0.2, 0.25) is 0 Å². The molecule has 1 aromatic rings. The molecule has 3 rings (SSSR count). The minimum atomic E-state index is -0.788. The Morgan fingerprint density at radius 2 is 2.08 bits per heavy atom. The largest absolute Gasteiger partial charge is 0.485 e. The van der Waals surface area contributed by atoms with Crippen LogP contribution in [0.25, 0.3) is 0 Å². The maximum Gasteiger partial charge on any atom is 0.224 e. The van der Waals surface area contributed by atoms with Gasteiger partial charge in [-0.1, -0.05) is 12.5 Å². The van der Waals surface area contributed by atoms with E-state index in [9.17, 15) is 9.90 Å². The zero-order chi connectivity index (χ0) is 18.7. The van der Waals surface area contributed by atoms with Crippen LogP contribution in [0.1, 0.15) is 50.3 Å². The van der Waals surface area contributed by atoms with Gasteiger partial charge in [-0.25, -0.2) is 0 Å². The molecule has 144 valence electrons. The van der Waals surface area contributed by atoms with Crippen molar-refractivity contribution in [2.24, 2.45) is 5.73 Å². The fourth-order valence-corrected chi connectivity index (χ4v) is 3.79. The predicted octanol–water partition coefficient (Wildman–Crippen LogP) is 1.36. The highest BCUT2D eigenvalue weighted by molar-refractivity contribution is 5.78. The van der Waals surface area contributed by atoms with Crippen molar-refractivity contribution >= 4 is 5.91 Å². The number of piperidine rings is 1. The zero-order valence-electron chi connectivity index (χ0n) is 15.8. The Balaban J connectivity index is 1.54. The molecule has 0 aliphatic carbocycles. The summed E-state index contributed by atoms with van der Waals surface area (Å²) in [5.74, 6) is 0.690. The van der Waals surface area contributed by atoms with Gasteiger partial charge in [0.05, 0.1) is 12.5 Å².